The van der Waals surface area contributed by atoms with E-state index in [2.05, 4.69) is 19.9 Å². The molecule has 2 heterocycles. The molecule has 0 bridgehead atoms. The van der Waals surface area contributed by atoms with Crippen LogP contribution in [0.1, 0.15) is 30.7 Å². The van der Waals surface area contributed by atoms with Gasteiger partial charge in [0.15, 0.2) is 0 Å². The molecule has 8 nitrogen and oxygen atoms in total. The number of nitrogens with one attached hydrogen (secondary N) is 1. The first-order chi connectivity index (χ1) is 18.4. The molecule has 38 heavy (non-hydrogen) atoms. The lowest BCUT2D eigenvalue weighted by atomic mass is 10.1. The molecule has 1 N–H and O–H groups in total. The molecule has 5 rings (SSSR count). The third-order valence-electron chi connectivity index (χ3n) is 5.80. The Bertz CT molecular complexity index is 1680. The quantitative estimate of drug-likeness (QED) is 0.204. The number of hydrogen-bond donors (Lipinski definition) is 1. The van der Waals surface area contributed by atoms with Crippen LogP contribution >= 0.6 is 11.3 Å². The molecule has 0 aliphatic rings. The summed E-state index contributed by atoms with van der Waals surface area (Å²) in [6.07, 6.45) is 0.514. The van der Waals surface area contributed by atoms with E-state index in [-0.39, 0.29) is 17.4 Å². The van der Waals surface area contributed by atoms with Crippen molar-refractivity contribution in [3.63, 3.8) is 0 Å². The van der Waals surface area contributed by atoms with Crippen LogP contribution in [0.15, 0.2) is 111 Å². The summed E-state index contributed by atoms with van der Waals surface area (Å²) in [7, 11) is -4.03. The Kier molecular flexibility index (Phi) is 7.43. The largest absolute Gasteiger partial charge is 0.459 e. The second kappa shape index (κ2) is 11.1. The van der Waals surface area contributed by atoms with Crippen LogP contribution in [0, 0.1) is 0 Å². The number of aromatic nitrogens is 1. The van der Waals surface area contributed by atoms with Crippen LogP contribution in [0.2, 0.25) is 0 Å². The van der Waals surface area contributed by atoms with Gasteiger partial charge in [-0.3, -0.25) is 4.79 Å². The van der Waals surface area contributed by atoms with Gasteiger partial charge in [-0.2, -0.15) is 5.11 Å². The van der Waals surface area contributed by atoms with Crippen LogP contribution in [0.4, 0.5) is 5.13 Å². The number of para-hydroxylation sites is 1. The Balaban J connectivity index is 1.25. The number of aryl methyl sites for hydroxylation is 1. The molecule has 1 atom stereocenters. The number of amides is 1. The Morgan fingerprint density at radius 3 is 2.61 bits per heavy atom. The predicted molar refractivity (Wildman–Crippen MR) is 147 cm³/mol. The zero-order chi connectivity index (χ0) is 26.5. The fourth-order valence-corrected chi connectivity index (χ4v) is 5.66. The van der Waals surface area contributed by atoms with Crippen LogP contribution < -0.4 is 4.72 Å². The zero-order valence-corrected chi connectivity index (χ0v) is 22.1. The summed E-state index contributed by atoms with van der Waals surface area (Å²) in [5.74, 6) is 0.494. The van der Waals surface area contributed by atoms with E-state index in [1.165, 1.54) is 23.5 Å². The molecular formula is C28H24N4O4S2. The highest BCUT2D eigenvalue weighted by atomic mass is 32.2. The highest BCUT2D eigenvalue weighted by Crippen LogP contribution is 2.31. The first kappa shape index (κ1) is 25.5. The number of nitrogens with zero attached hydrogens (tertiary/aromatic N) is 3. The summed E-state index contributed by atoms with van der Waals surface area (Å²) >= 11 is 1.46. The van der Waals surface area contributed by atoms with Crippen molar-refractivity contribution in [3.8, 4) is 11.3 Å². The van der Waals surface area contributed by atoms with Gasteiger partial charge in [0.2, 0.25) is 11.0 Å². The van der Waals surface area contributed by atoms with E-state index < -0.39 is 15.9 Å². The fourth-order valence-electron chi connectivity index (χ4n) is 3.81. The normalized spacial score (nSPS) is 12.7. The number of carbonyl (C=O) groups is 1. The molecule has 0 aliphatic carbocycles. The molecular weight excluding hydrogens is 520 g/mol. The predicted octanol–water partition coefficient (Wildman–Crippen LogP) is 6.84. The van der Waals surface area contributed by atoms with Gasteiger partial charge in [0.05, 0.1) is 15.1 Å². The second-order valence-corrected chi connectivity index (χ2v) is 11.3. The monoisotopic (exact) mass is 544 g/mol. The van der Waals surface area contributed by atoms with Crippen LogP contribution in [-0.2, 0) is 21.2 Å². The number of sulfonamides is 1. The number of furan rings is 1. The molecule has 0 saturated carbocycles. The summed E-state index contributed by atoms with van der Waals surface area (Å²) in [6, 6.07) is 26.7. The standard InChI is InChI=1S/C28H24N4O4S2/c1-19(30-31-28-29-23-12-5-6-13-26(23)37-28)24-15-16-25(36-24)21-10-7-11-22(18-21)38(34,35)32-27(33)17-14-20-8-3-2-4-9-20/h2-13,15-16,18-19H,14,17H2,1H3,(H,32,33). The fraction of sp³-hybridized carbons (Fsp3) is 0.143. The molecule has 0 aliphatic heterocycles. The molecule has 0 saturated heterocycles. The van der Waals surface area contributed by atoms with Crippen molar-refractivity contribution in [1.82, 2.24) is 9.71 Å². The minimum Gasteiger partial charge on any atom is -0.459 e. The molecule has 0 radical (unpaired) electrons. The van der Waals surface area contributed by atoms with Crippen molar-refractivity contribution >= 4 is 42.6 Å². The number of hydrogen-bond acceptors (Lipinski definition) is 8. The number of fused-ring (bicyclic) bond motifs is 1. The molecule has 0 fully saturated rings. The van der Waals surface area contributed by atoms with Crippen molar-refractivity contribution < 1.29 is 17.6 Å². The molecule has 5 aromatic rings. The molecule has 2 aromatic heterocycles. The Morgan fingerprint density at radius 1 is 1.00 bits per heavy atom. The maximum absolute atomic E-state index is 12.8. The first-order valence-corrected chi connectivity index (χ1v) is 14.2. The Labute approximate surface area is 224 Å². The van der Waals surface area contributed by atoms with Gasteiger partial charge in [-0.05, 0) is 55.3 Å². The SMILES string of the molecule is CC(N=Nc1nc2ccccc2s1)c1ccc(-c2cccc(S(=O)(=O)NC(=O)CCc3ccccc3)c2)o1. The van der Waals surface area contributed by atoms with Gasteiger partial charge in [-0.15, -0.1) is 5.11 Å². The lowest BCUT2D eigenvalue weighted by Crippen LogP contribution is -2.30. The summed E-state index contributed by atoms with van der Waals surface area (Å²) in [6.45, 7) is 1.85. The van der Waals surface area contributed by atoms with Crippen LogP contribution in [-0.4, -0.2) is 19.3 Å². The van der Waals surface area contributed by atoms with Gasteiger partial charge < -0.3 is 4.42 Å². The summed E-state index contributed by atoms with van der Waals surface area (Å²) < 4.78 is 34.8. The Hall–Kier alpha value is -4.15. The van der Waals surface area contributed by atoms with Crippen molar-refractivity contribution in [1.29, 1.82) is 0 Å². The van der Waals surface area contributed by atoms with Crippen molar-refractivity contribution in [3.05, 3.63) is 102 Å². The average Bonchev–Trinajstić information content (AvgIpc) is 3.59. The number of benzene rings is 3. The van der Waals surface area contributed by atoms with Crippen LogP contribution in [0.5, 0.6) is 0 Å². The zero-order valence-electron chi connectivity index (χ0n) is 20.4. The average molecular weight is 545 g/mol. The van der Waals surface area contributed by atoms with Gasteiger partial charge in [0, 0.05) is 12.0 Å². The van der Waals surface area contributed by atoms with Gasteiger partial charge in [-0.1, -0.05) is 65.9 Å². The summed E-state index contributed by atoms with van der Waals surface area (Å²) in [5.41, 5.74) is 2.40. The van der Waals surface area contributed by atoms with E-state index in [4.69, 9.17) is 4.42 Å². The van der Waals surface area contributed by atoms with E-state index in [0.717, 1.165) is 15.8 Å². The van der Waals surface area contributed by atoms with E-state index >= 15 is 0 Å². The molecule has 10 heteroatoms. The van der Waals surface area contributed by atoms with E-state index in [9.17, 15) is 13.2 Å². The third kappa shape index (κ3) is 6.04. The second-order valence-electron chi connectivity index (χ2n) is 8.60. The minimum atomic E-state index is -4.03. The first-order valence-electron chi connectivity index (χ1n) is 11.9. The van der Waals surface area contributed by atoms with Gasteiger partial charge in [-0.25, -0.2) is 18.1 Å². The lowest BCUT2D eigenvalue weighted by Gasteiger charge is -2.08. The third-order valence-corrected chi connectivity index (χ3v) is 8.09. The molecule has 0 spiro atoms. The van der Waals surface area contributed by atoms with Gasteiger partial charge in [0.25, 0.3) is 10.0 Å². The van der Waals surface area contributed by atoms with Crippen molar-refractivity contribution in [2.24, 2.45) is 10.2 Å². The Morgan fingerprint density at radius 2 is 1.79 bits per heavy atom. The molecule has 1 unspecified atom stereocenters. The number of thiazole rings is 1. The van der Waals surface area contributed by atoms with Crippen LogP contribution in [0.3, 0.4) is 0 Å². The van der Waals surface area contributed by atoms with Crippen molar-refractivity contribution in [2.45, 2.75) is 30.7 Å². The minimum absolute atomic E-state index is 0.0235. The van der Waals surface area contributed by atoms with E-state index in [0.29, 0.717) is 28.6 Å². The number of azo groups is 1. The summed E-state index contributed by atoms with van der Waals surface area (Å²) in [5, 5.41) is 9.16. The highest BCUT2D eigenvalue weighted by molar-refractivity contribution is 7.90. The molecule has 3 aromatic carbocycles. The maximum Gasteiger partial charge on any atom is 0.264 e. The van der Waals surface area contributed by atoms with E-state index in [1.54, 1.807) is 24.3 Å². The van der Waals surface area contributed by atoms with E-state index in [1.807, 2.05) is 61.5 Å². The van der Waals surface area contributed by atoms with Crippen molar-refractivity contribution in [2.75, 3.05) is 0 Å². The highest BCUT2D eigenvalue weighted by Gasteiger charge is 2.19. The molecule has 192 valence electrons. The molecule has 1 amide bonds. The number of rotatable bonds is 9. The number of carbonyl (C=O) groups excluding carboxylic acids is 1. The topological polar surface area (TPSA) is 114 Å². The lowest BCUT2D eigenvalue weighted by molar-refractivity contribution is -0.119. The maximum atomic E-state index is 12.8. The smallest absolute Gasteiger partial charge is 0.264 e. The summed E-state index contributed by atoms with van der Waals surface area (Å²) in [4.78, 5) is 16.7. The van der Waals surface area contributed by atoms with Gasteiger partial charge in [0.1, 0.15) is 17.6 Å². The van der Waals surface area contributed by atoms with Gasteiger partial charge >= 0.3 is 0 Å². The van der Waals surface area contributed by atoms with Crippen LogP contribution in [0.25, 0.3) is 21.5 Å².